The van der Waals surface area contributed by atoms with E-state index in [0.717, 1.165) is 18.4 Å². The largest absolute Gasteiger partial charge is 0.469 e. The van der Waals surface area contributed by atoms with Gasteiger partial charge in [0.1, 0.15) is 17.3 Å². The van der Waals surface area contributed by atoms with E-state index in [1.165, 1.54) is 6.26 Å². The van der Waals surface area contributed by atoms with Gasteiger partial charge in [-0.05, 0) is 44.9 Å². The molecule has 0 radical (unpaired) electrons. The molecule has 0 saturated heterocycles. The SMILES string of the molecule is Cc1occc1C(=O)N/N=C1\CCCc2oc(C(=O)NCc3ccco3)c(C)c21. The standard InChI is InChI=1S/C21H21N3O5/c1-12-18-16(23-24-20(25)15-8-10-27-13(15)2)6-3-7-17(18)29-19(12)21(26)22-11-14-5-4-9-28-14/h4-5,8-10H,3,6-7,11H2,1-2H3,(H,22,26)(H,24,25)/b23-16+. The number of hydrazone groups is 1. The summed E-state index contributed by atoms with van der Waals surface area (Å²) in [4.78, 5) is 24.9. The van der Waals surface area contributed by atoms with E-state index in [2.05, 4.69) is 15.8 Å². The Balaban J connectivity index is 1.53. The molecule has 8 heteroatoms. The van der Waals surface area contributed by atoms with Crippen molar-refractivity contribution in [2.75, 3.05) is 0 Å². The summed E-state index contributed by atoms with van der Waals surface area (Å²) in [5, 5.41) is 7.11. The summed E-state index contributed by atoms with van der Waals surface area (Å²) in [5.41, 5.74) is 5.23. The maximum Gasteiger partial charge on any atom is 0.287 e. The van der Waals surface area contributed by atoms with Gasteiger partial charge in [-0.1, -0.05) is 0 Å². The molecule has 0 saturated carbocycles. The fraction of sp³-hybridized carbons (Fsp3) is 0.286. The van der Waals surface area contributed by atoms with Gasteiger partial charge in [-0.3, -0.25) is 9.59 Å². The van der Waals surface area contributed by atoms with Crippen molar-refractivity contribution < 1.29 is 22.8 Å². The molecule has 2 N–H and O–H groups in total. The zero-order valence-corrected chi connectivity index (χ0v) is 16.2. The van der Waals surface area contributed by atoms with E-state index in [9.17, 15) is 9.59 Å². The van der Waals surface area contributed by atoms with E-state index < -0.39 is 0 Å². The van der Waals surface area contributed by atoms with Crippen molar-refractivity contribution in [3.05, 3.63) is 70.5 Å². The number of carbonyl (C=O) groups is 2. The quantitative estimate of drug-likeness (QED) is 0.643. The number of rotatable bonds is 5. The van der Waals surface area contributed by atoms with Gasteiger partial charge in [0, 0.05) is 17.5 Å². The van der Waals surface area contributed by atoms with Crippen LogP contribution < -0.4 is 10.7 Å². The Bertz CT molecular complexity index is 1070. The number of aryl methyl sites for hydroxylation is 2. The van der Waals surface area contributed by atoms with Crippen molar-refractivity contribution in [1.82, 2.24) is 10.7 Å². The van der Waals surface area contributed by atoms with Crippen LogP contribution in [0.2, 0.25) is 0 Å². The number of nitrogens with one attached hydrogen (secondary N) is 2. The molecule has 0 aromatic carbocycles. The maximum atomic E-state index is 12.6. The highest BCUT2D eigenvalue weighted by Crippen LogP contribution is 2.30. The monoisotopic (exact) mass is 395 g/mol. The van der Waals surface area contributed by atoms with Gasteiger partial charge in [0.15, 0.2) is 5.76 Å². The summed E-state index contributed by atoms with van der Waals surface area (Å²) in [5.74, 6) is 1.51. The Hall–Kier alpha value is -3.55. The molecule has 3 aromatic heterocycles. The molecule has 3 heterocycles. The van der Waals surface area contributed by atoms with Crippen molar-refractivity contribution >= 4 is 17.5 Å². The van der Waals surface area contributed by atoms with Gasteiger partial charge in [-0.2, -0.15) is 5.10 Å². The molecule has 0 aliphatic heterocycles. The van der Waals surface area contributed by atoms with Crippen molar-refractivity contribution in [1.29, 1.82) is 0 Å². The Labute approximate surface area is 166 Å². The van der Waals surface area contributed by atoms with Crippen LogP contribution >= 0.6 is 0 Å². The van der Waals surface area contributed by atoms with Crippen molar-refractivity contribution in [2.45, 2.75) is 39.7 Å². The van der Waals surface area contributed by atoms with Crippen LogP contribution in [0.15, 0.2) is 49.1 Å². The molecular formula is C21H21N3O5. The van der Waals surface area contributed by atoms with E-state index in [-0.39, 0.29) is 24.1 Å². The first-order valence-corrected chi connectivity index (χ1v) is 9.38. The van der Waals surface area contributed by atoms with Gasteiger partial charge in [-0.25, -0.2) is 5.43 Å². The Morgan fingerprint density at radius 1 is 1.10 bits per heavy atom. The van der Waals surface area contributed by atoms with E-state index in [0.29, 0.717) is 40.5 Å². The number of carbonyl (C=O) groups excluding carboxylic acids is 2. The summed E-state index contributed by atoms with van der Waals surface area (Å²) >= 11 is 0. The maximum absolute atomic E-state index is 12.6. The molecule has 3 aromatic rings. The lowest BCUT2D eigenvalue weighted by molar-refractivity contribution is 0.0916. The third-order valence-corrected chi connectivity index (χ3v) is 4.93. The zero-order chi connectivity index (χ0) is 20.4. The van der Waals surface area contributed by atoms with Crippen molar-refractivity contribution in [3.63, 3.8) is 0 Å². The van der Waals surface area contributed by atoms with Gasteiger partial charge in [0.05, 0.1) is 30.3 Å². The molecule has 0 unspecified atom stereocenters. The molecule has 4 rings (SSSR count). The molecule has 1 aliphatic carbocycles. The van der Waals surface area contributed by atoms with Crippen LogP contribution in [-0.4, -0.2) is 17.5 Å². The Morgan fingerprint density at radius 3 is 2.69 bits per heavy atom. The zero-order valence-electron chi connectivity index (χ0n) is 16.2. The van der Waals surface area contributed by atoms with Crippen LogP contribution in [0.25, 0.3) is 0 Å². The number of furan rings is 3. The second-order valence-electron chi connectivity index (χ2n) is 6.86. The highest BCUT2D eigenvalue weighted by Gasteiger charge is 2.28. The number of nitrogens with zero attached hydrogens (tertiary/aromatic N) is 1. The molecule has 8 nitrogen and oxygen atoms in total. The average Bonchev–Trinajstić information content (AvgIpc) is 3.45. The number of fused-ring (bicyclic) bond motifs is 1. The van der Waals surface area contributed by atoms with Gasteiger partial charge in [-0.15, -0.1) is 0 Å². The lowest BCUT2D eigenvalue weighted by Gasteiger charge is -2.13. The van der Waals surface area contributed by atoms with Crippen LogP contribution in [-0.2, 0) is 13.0 Å². The van der Waals surface area contributed by atoms with Crippen LogP contribution in [0.4, 0.5) is 0 Å². The molecule has 1 aliphatic rings. The summed E-state index contributed by atoms with van der Waals surface area (Å²) in [6, 6.07) is 5.15. The highest BCUT2D eigenvalue weighted by molar-refractivity contribution is 6.07. The molecule has 29 heavy (non-hydrogen) atoms. The molecular weight excluding hydrogens is 374 g/mol. The van der Waals surface area contributed by atoms with Crippen LogP contribution in [0.1, 0.15) is 62.2 Å². The van der Waals surface area contributed by atoms with Crippen molar-refractivity contribution in [2.24, 2.45) is 5.10 Å². The Morgan fingerprint density at radius 2 is 1.97 bits per heavy atom. The first-order chi connectivity index (χ1) is 14.0. The van der Waals surface area contributed by atoms with Crippen LogP contribution in [0.5, 0.6) is 0 Å². The predicted molar refractivity (Wildman–Crippen MR) is 104 cm³/mol. The predicted octanol–water partition coefficient (Wildman–Crippen LogP) is 3.48. The molecule has 0 spiro atoms. The number of amides is 2. The van der Waals surface area contributed by atoms with Gasteiger partial charge in [0.25, 0.3) is 11.8 Å². The molecule has 0 fully saturated rings. The van der Waals surface area contributed by atoms with Gasteiger partial charge < -0.3 is 18.6 Å². The van der Waals surface area contributed by atoms with E-state index in [1.54, 1.807) is 31.4 Å². The fourth-order valence-corrected chi connectivity index (χ4v) is 3.46. The fourth-order valence-electron chi connectivity index (χ4n) is 3.46. The van der Waals surface area contributed by atoms with Crippen LogP contribution in [0, 0.1) is 13.8 Å². The number of hydrogen-bond acceptors (Lipinski definition) is 6. The summed E-state index contributed by atoms with van der Waals surface area (Å²) in [6.45, 7) is 3.82. The first kappa shape index (κ1) is 18.8. The van der Waals surface area contributed by atoms with E-state index in [4.69, 9.17) is 13.3 Å². The first-order valence-electron chi connectivity index (χ1n) is 9.38. The topological polar surface area (TPSA) is 110 Å². The third kappa shape index (κ3) is 3.73. The second-order valence-corrected chi connectivity index (χ2v) is 6.86. The molecule has 150 valence electrons. The van der Waals surface area contributed by atoms with E-state index in [1.807, 2.05) is 6.92 Å². The number of hydrogen-bond donors (Lipinski definition) is 2. The highest BCUT2D eigenvalue weighted by atomic mass is 16.4. The lowest BCUT2D eigenvalue weighted by Crippen LogP contribution is -2.23. The summed E-state index contributed by atoms with van der Waals surface area (Å²) in [7, 11) is 0. The average molecular weight is 395 g/mol. The second kappa shape index (κ2) is 7.83. The molecule has 0 bridgehead atoms. The minimum Gasteiger partial charge on any atom is -0.469 e. The van der Waals surface area contributed by atoms with Gasteiger partial charge in [0.2, 0.25) is 0 Å². The van der Waals surface area contributed by atoms with Crippen molar-refractivity contribution in [3.8, 4) is 0 Å². The van der Waals surface area contributed by atoms with Crippen LogP contribution in [0.3, 0.4) is 0 Å². The molecule has 2 amide bonds. The van der Waals surface area contributed by atoms with Gasteiger partial charge >= 0.3 is 0 Å². The summed E-state index contributed by atoms with van der Waals surface area (Å²) in [6.07, 6.45) is 5.25. The Kier molecular flexibility index (Phi) is 5.07. The lowest BCUT2D eigenvalue weighted by atomic mass is 9.93. The van der Waals surface area contributed by atoms with E-state index >= 15 is 0 Å². The third-order valence-electron chi connectivity index (χ3n) is 4.93. The summed E-state index contributed by atoms with van der Waals surface area (Å²) < 4.78 is 16.2. The minimum atomic E-state index is -0.339. The smallest absolute Gasteiger partial charge is 0.287 e. The normalized spacial score (nSPS) is 14.6. The minimum absolute atomic E-state index is 0.258. The molecule has 0 atom stereocenters.